The van der Waals surface area contributed by atoms with Gasteiger partial charge in [0.25, 0.3) is 0 Å². The second kappa shape index (κ2) is 3.84. The Bertz CT molecular complexity index is 357. The SMILES string of the molecule is Ic1ncc(-c2cnc(I)s2)s1. The van der Waals surface area contributed by atoms with Gasteiger partial charge in [-0.1, -0.05) is 0 Å². The van der Waals surface area contributed by atoms with Crippen molar-refractivity contribution < 1.29 is 0 Å². The lowest BCUT2D eigenvalue weighted by Gasteiger charge is -1.82. The van der Waals surface area contributed by atoms with Crippen LogP contribution in [0.2, 0.25) is 0 Å². The van der Waals surface area contributed by atoms with Crippen molar-refractivity contribution in [3.8, 4) is 9.75 Å². The maximum Gasteiger partial charge on any atom is 0.154 e. The number of aromatic nitrogens is 2. The number of hydrogen-bond acceptors (Lipinski definition) is 4. The van der Waals surface area contributed by atoms with E-state index < -0.39 is 0 Å². The van der Waals surface area contributed by atoms with Crippen molar-refractivity contribution >= 4 is 67.9 Å². The quantitative estimate of drug-likeness (QED) is 0.661. The Kier molecular flexibility index (Phi) is 2.97. The lowest BCUT2D eigenvalue weighted by molar-refractivity contribution is 1.36. The van der Waals surface area contributed by atoms with Gasteiger partial charge in [-0.3, -0.25) is 0 Å². The predicted octanol–water partition coefficient (Wildman–Crippen LogP) is 3.48. The second-order valence-corrected chi connectivity index (χ2v) is 7.52. The number of thiazole rings is 2. The third-order valence-electron chi connectivity index (χ3n) is 1.20. The first-order chi connectivity index (χ1) is 5.75. The summed E-state index contributed by atoms with van der Waals surface area (Å²) in [7, 11) is 0. The van der Waals surface area contributed by atoms with Crippen LogP contribution < -0.4 is 0 Å². The van der Waals surface area contributed by atoms with Gasteiger partial charge in [0, 0.05) is 12.4 Å². The summed E-state index contributed by atoms with van der Waals surface area (Å²) in [6, 6.07) is 0. The van der Waals surface area contributed by atoms with E-state index in [2.05, 4.69) is 55.1 Å². The monoisotopic (exact) mass is 420 g/mol. The van der Waals surface area contributed by atoms with E-state index in [0.717, 1.165) is 6.03 Å². The van der Waals surface area contributed by atoms with Crippen molar-refractivity contribution in [1.82, 2.24) is 9.97 Å². The summed E-state index contributed by atoms with van der Waals surface area (Å²) in [6.07, 6.45) is 3.80. The van der Waals surface area contributed by atoms with Crippen LogP contribution in [0.5, 0.6) is 0 Å². The van der Waals surface area contributed by atoms with Gasteiger partial charge in [0.15, 0.2) is 6.03 Å². The molecular weight excluding hydrogens is 418 g/mol. The molecule has 2 aromatic heterocycles. The molecule has 62 valence electrons. The van der Waals surface area contributed by atoms with E-state index >= 15 is 0 Å². The molecule has 0 amide bonds. The number of hydrogen-bond donors (Lipinski definition) is 0. The van der Waals surface area contributed by atoms with Gasteiger partial charge >= 0.3 is 0 Å². The Morgan fingerprint density at radius 2 is 1.33 bits per heavy atom. The summed E-state index contributed by atoms with van der Waals surface area (Å²) in [6.45, 7) is 0. The normalized spacial score (nSPS) is 10.5. The molecule has 0 saturated carbocycles. The molecular formula is C6H2I2N2S2. The summed E-state index contributed by atoms with van der Waals surface area (Å²) in [5.74, 6) is 0. The van der Waals surface area contributed by atoms with Crippen LogP contribution in [0.1, 0.15) is 0 Å². The molecule has 0 radical (unpaired) electrons. The minimum atomic E-state index is 1.08. The van der Waals surface area contributed by atoms with Gasteiger partial charge in [0.05, 0.1) is 9.75 Å². The first-order valence-electron chi connectivity index (χ1n) is 2.99. The van der Waals surface area contributed by atoms with Crippen LogP contribution in [0, 0.1) is 6.03 Å². The Balaban J connectivity index is 2.43. The smallest absolute Gasteiger partial charge is 0.154 e. The van der Waals surface area contributed by atoms with Gasteiger partial charge in [-0.15, -0.1) is 22.7 Å². The Morgan fingerprint density at radius 1 is 0.917 bits per heavy atom. The average molecular weight is 420 g/mol. The molecule has 0 unspecified atom stereocenters. The van der Waals surface area contributed by atoms with E-state index in [9.17, 15) is 0 Å². The van der Waals surface area contributed by atoms with Gasteiger partial charge in [-0.2, -0.15) is 0 Å². The molecule has 0 aromatic carbocycles. The zero-order valence-corrected chi connectivity index (χ0v) is 11.6. The van der Waals surface area contributed by atoms with Crippen LogP contribution >= 0.6 is 67.9 Å². The fourth-order valence-corrected chi connectivity index (χ4v) is 3.78. The fraction of sp³-hybridized carbons (Fsp3) is 0. The Hall–Kier alpha value is 0.720. The highest BCUT2D eigenvalue weighted by atomic mass is 127. The molecule has 0 saturated heterocycles. The number of halogens is 2. The molecule has 0 aliphatic carbocycles. The van der Waals surface area contributed by atoms with Crippen LogP contribution in [0.3, 0.4) is 0 Å². The standard InChI is InChI=1S/C6H2I2N2S2/c7-5-9-1-3(11-5)4-2-10-6(8)12-4/h1-2H. The minimum Gasteiger partial charge on any atom is -0.238 e. The van der Waals surface area contributed by atoms with Crippen molar-refractivity contribution in [3.63, 3.8) is 0 Å². The molecule has 0 bridgehead atoms. The first kappa shape index (κ1) is 9.28. The Labute approximate surface area is 105 Å². The van der Waals surface area contributed by atoms with E-state index in [4.69, 9.17) is 0 Å². The molecule has 0 aliphatic rings. The first-order valence-corrected chi connectivity index (χ1v) is 6.78. The molecule has 0 aliphatic heterocycles. The third kappa shape index (κ3) is 1.96. The topological polar surface area (TPSA) is 25.8 Å². The molecule has 6 heteroatoms. The Morgan fingerprint density at radius 3 is 1.58 bits per heavy atom. The van der Waals surface area contributed by atoms with E-state index in [-0.39, 0.29) is 0 Å². The molecule has 0 fully saturated rings. The highest BCUT2D eigenvalue weighted by Crippen LogP contribution is 2.31. The molecule has 2 heterocycles. The zero-order chi connectivity index (χ0) is 8.55. The van der Waals surface area contributed by atoms with E-state index in [1.54, 1.807) is 22.7 Å². The molecule has 2 nitrogen and oxygen atoms in total. The van der Waals surface area contributed by atoms with Crippen LogP contribution in [0.25, 0.3) is 9.75 Å². The maximum absolute atomic E-state index is 4.18. The van der Waals surface area contributed by atoms with Crippen molar-refractivity contribution in [2.24, 2.45) is 0 Å². The van der Waals surface area contributed by atoms with Crippen LogP contribution in [-0.4, -0.2) is 9.97 Å². The fourth-order valence-electron chi connectivity index (χ4n) is 0.733. The maximum atomic E-state index is 4.18. The van der Waals surface area contributed by atoms with Gasteiger partial charge in [0.1, 0.15) is 0 Å². The number of nitrogens with zero attached hydrogens (tertiary/aromatic N) is 2. The van der Waals surface area contributed by atoms with Crippen LogP contribution in [-0.2, 0) is 0 Å². The minimum absolute atomic E-state index is 1.08. The van der Waals surface area contributed by atoms with Crippen molar-refractivity contribution in [2.45, 2.75) is 0 Å². The van der Waals surface area contributed by atoms with Gasteiger partial charge in [-0.25, -0.2) is 9.97 Å². The van der Waals surface area contributed by atoms with Gasteiger partial charge in [0.2, 0.25) is 0 Å². The van der Waals surface area contributed by atoms with Gasteiger partial charge < -0.3 is 0 Å². The van der Waals surface area contributed by atoms with Crippen LogP contribution in [0.15, 0.2) is 12.4 Å². The molecule has 0 spiro atoms. The summed E-state index contributed by atoms with van der Waals surface area (Å²) in [5, 5.41) is 0. The van der Waals surface area contributed by atoms with E-state index in [1.165, 1.54) is 9.75 Å². The lowest BCUT2D eigenvalue weighted by Crippen LogP contribution is -1.59. The number of rotatable bonds is 1. The molecule has 0 N–H and O–H groups in total. The van der Waals surface area contributed by atoms with Crippen molar-refractivity contribution in [1.29, 1.82) is 0 Å². The van der Waals surface area contributed by atoms with E-state index in [1.807, 2.05) is 12.4 Å². The third-order valence-corrected chi connectivity index (χ3v) is 4.84. The summed E-state index contributed by atoms with van der Waals surface area (Å²) >= 11 is 7.84. The highest BCUT2D eigenvalue weighted by Gasteiger charge is 2.05. The molecule has 2 rings (SSSR count). The van der Waals surface area contributed by atoms with Gasteiger partial charge in [-0.05, 0) is 45.2 Å². The lowest BCUT2D eigenvalue weighted by atomic mass is 10.5. The molecule has 0 atom stereocenters. The average Bonchev–Trinajstić information content (AvgIpc) is 2.58. The molecule has 12 heavy (non-hydrogen) atoms. The highest BCUT2D eigenvalue weighted by molar-refractivity contribution is 14.1. The zero-order valence-electron chi connectivity index (χ0n) is 5.62. The molecule has 2 aromatic rings. The summed E-state index contributed by atoms with van der Waals surface area (Å²) < 4.78 is 2.15. The predicted molar refractivity (Wildman–Crippen MR) is 68.7 cm³/mol. The summed E-state index contributed by atoms with van der Waals surface area (Å²) in [4.78, 5) is 10.8. The largest absolute Gasteiger partial charge is 0.238 e. The van der Waals surface area contributed by atoms with E-state index in [0.29, 0.717) is 0 Å². The van der Waals surface area contributed by atoms with Crippen molar-refractivity contribution in [2.75, 3.05) is 0 Å². The van der Waals surface area contributed by atoms with Crippen LogP contribution in [0.4, 0.5) is 0 Å². The second-order valence-electron chi connectivity index (χ2n) is 1.95. The van der Waals surface area contributed by atoms with Crippen molar-refractivity contribution in [3.05, 3.63) is 18.4 Å². The summed E-state index contributed by atoms with van der Waals surface area (Å²) in [5.41, 5.74) is 0.